The van der Waals surface area contributed by atoms with Crippen LogP contribution in [-0.2, 0) is 14.3 Å². The lowest BCUT2D eigenvalue weighted by molar-refractivity contribution is -0.145. The summed E-state index contributed by atoms with van der Waals surface area (Å²) in [6.07, 6.45) is 7.94. The second kappa shape index (κ2) is 13.8. The number of ether oxygens (including phenoxy) is 1. The first-order valence-corrected chi connectivity index (χ1v) is 12.5. The maximum absolute atomic E-state index is 13.9. The molecule has 3 amide bonds. The molecule has 35 heavy (non-hydrogen) atoms. The van der Waals surface area contributed by atoms with Crippen LogP contribution in [-0.4, -0.2) is 47.0 Å². The summed E-state index contributed by atoms with van der Waals surface area (Å²) in [4.78, 5) is 41.5. The molecular weight excluding hydrogens is 442 g/mol. The van der Waals surface area contributed by atoms with Gasteiger partial charge in [0.15, 0.2) is 0 Å². The van der Waals surface area contributed by atoms with Crippen LogP contribution in [0.3, 0.4) is 0 Å². The summed E-state index contributed by atoms with van der Waals surface area (Å²) < 4.78 is 5.39. The molecule has 0 saturated carbocycles. The number of terminal acetylenes is 1. The van der Waals surface area contributed by atoms with E-state index in [4.69, 9.17) is 11.2 Å². The number of nitrogens with zero attached hydrogens (tertiary/aromatic N) is 1. The number of hydrogen-bond acceptors (Lipinski definition) is 4. The van der Waals surface area contributed by atoms with Crippen molar-refractivity contribution in [1.82, 2.24) is 15.5 Å². The fourth-order valence-electron chi connectivity index (χ4n) is 3.76. The number of hydrogen-bond donors (Lipinski definition) is 2. The highest BCUT2D eigenvalue weighted by molar-refractivity contribution is 5.92. The van der Waals surface area contributed by atoms with E-state index < -0.39 is 23.8 Å². The highest BCUT2D eigenvalue weighted by Gasteiger charge is 2.39. The van der Waals surface area contributed by atoms with Crippen LogP contribution in [0.25, 0.3) is 0 Å². The van der Waals surface area contributed by atoms with Crippen molar-refractivity contribution < 1.29 is 19.1 Å². The molecular formula is C28H43N3O4. The lowest BCUT2D eigenvalue weighted by atomic mass is 9.94. The van der Waals surface area contributed by atoms with E-state index in [0.29, 0.717) is 17.7 Å². The van der Waals surface area contributed by atoms with Crippen molar-refractivity contribution in [2.24, 2.45) is 5.92 Å². The van der Waals surface area contributed by atoms with Crippen LogP contribution in [0.1, 0.15) is 91.8 Å². The lowest BCUT2D eigenvalue weighted by Gasteiger charge is -2.38. The zero-order valence-corrected chi connectivity index (χ0v) is 22.6. The molecule has 0 aliphatic carbocycles. The van der Waals surface area contributed by atoms with E-state index >= 15 is 0 Å². The second-order valence-electron chi connectivity index (χ2n) is 10.3. The van der Waals surface area contributed by atoms with Gasteiger partial charge in [-0.3, -0.25) is 9.59 Å². The normalized spacial score (nSPS) is 13.1. The van der Waals surface area contributed by atoms with Crippen LogP contribution in [0.2, 0.25) is 0 Å². The molecule has 7 nitrogen and oxygen atoms in total. The summed E-state index contributed by atoms with van der Waals surface area (Å²) >= 11 is 0. The number of nitrogens with one attached hydrogen (secondary N) is 2. The molecule has 2 unspecified atom stereocenters. The second-order valence-corrected chi connectivity index (χ2v) is 10.3. The molecule has 1 aromatic carbocycles. The Morgan fingerprint density at radius 2 is 1.71 bits per heavy atom. The van der Waals surface area contributed by atoms with Gasteiger partial charge in [-0.1, -0.05) is 57.7 Å². The number of unbranched alkanes of at least 4 members (excludes halogenated alkanes) is 2. The number of carbonyl (C=O) groups is 3. The van der Waals surface area contributed by atoms with E-state index in [-0.39, 0.29) is 23.8 Å². The zero-order chi connectivity index (χ0) is 26.8. The zero-order valence-electron chi connectivity index (χ0n) is 22.6. The molecule has 7 heteroatoms. The highest BCUT2D eigenvalue weighted by atomic mass is 16.6. The SMILES string of the molecule is C#Cc1ccccc1C(C(=O)NCCCCC)N(C(=O)C(NC(=O)OC(C)(C)C)C(C)C)C(C)C. The molecule has 0 aliphatic rings. The minimum atomic E-state index is -0.946. The molecule has 0 saturated heterocycles. The van der Waals surface area contributed by atoms with E-state index in [2.05, 4.69) is 23.5 Å². The van der Waals surface area contributed by atoms with E-state index in [1.54, 1.807) is 45.0 Å². The standard InChI is InChI=1S/C28H43N3O4/c1-10-12-15-18-29-25(32)24(22-17-14-13-16-21(22)11-2)31(20(5)6)26(33)23(19(3)4)30-27(34)35-28(7,8)9/h2,13-14,16-17,19-20,23-24H,10,12,15,18H2,1,3-9H3,(H,29,32)(H,30,34). The predicted molar refractivity (Wildman–Crippen MR) is 140 cm³/mol. The van der Waals surface area contributed by atoms with Gasteiger partial charge in [-0.15, -0.1) is 6.42 Å². The van der Waals surface area contributed by atoms with Crippen molar-refractivity contribution in [2.45, 2.75) is 98.4 Å². The number of alkyl carbamates (subject to hydrolysis) is 1. The summed E-state index contributed by atoms with van der Waals surface area (Å²) in [5.74, 6) is 1.73. The van der Waals surface area contributed by atoms with E-state index in [0.717, 1.165) is 19.3 Å². The van der Waals surface area contributed by atoms with Crippen molar-refractivity contribution in [2.75, 3.05) is 6.54 Å². The van der Waals surface area contributed by atoms with Crippen molar-refractivity contribution in [3.63, 3.8) is 0 Å². The summed E-state index contributed by atoms with van der Waals surface area (Å²) in [5, 5.41) is 5.70. The number of benzene rings is 1. The Bertz CT molecular complexity index is 896. The molecule has 194 valence electrons. The third kappa shape index (κ3) is 9.28. The highest BCUT2D eigenvalue weighted by Crippen LogP contribution is 2.28. The van der Waals surface area contributed by atoms with Crippen LogP contribution in [0.15, 0.2) is 24.3 Å². The summed E-state index contributed by atoms with van der Waals surface area (Å²) in [6, 6.07) is 4.96. The average molecular weight is 486 g/mol. The van der Waals surface area contributed by atoms with Crippen molar-refractivity contribution in [3.8, 4) is 12.3 Å². The topological polar surface area (TPSA) is 87.7 Å². The van der Waals surface area contributed by atoms with Crippen LogP contribution in [0.5, 0.6) is 0 Å². The lowest BCUT2D eigenvalue weighted by Crippen LogP contribution is -2.56. The molecule has 0 aromatic heterocycles. The van der Waals surface area contributed by atoms with Crippen LogP contribution < -0.4 is 10.6 Å². The summed E-state index contributed by atoms with van der Waals surface area (Å²) in [5.41, 5.74) is 0.407. The summed E-state index contributed by atoms with van der Waals surface area (Å²) in [7, 11) is 0. The Morgan fingerprint density at radius 3 is 2.23 bits per heavy atom. The smallest absolute Gasteiger partial charge is 0.408 e. The van der Waals surface area contributed by atoms with Gasteiger partial charge in [-0.2, -0.15) is 0 Å². The molecule has 0 heterocycles. The molecule has 1 aromatic rings. The fourth-order valence-corrected chi connectivity index (χ4v) is 3.76. The third-order valence-electron chi connectivity index (χ3n) is 5.43. The molecule has 1 rings (SSSR count). The number of amides is 3. The minimum Gasteiger partial charge on any atom is -0.444 e. The Balaban J connectivity index is 3.45. The predicted octanol–water partition coefficient (Wildman–Crippen LogP) is 4.80. The van der Waals surface area contributed by atoms with Crippen molar-refractivity contribution in [1.29, 1.82) is 0 Å². The van der Waals surface area contributed by atoms with E-state index in [1.165, 1.54) is 4.90 Å². The molecule has 0 aliphatic heterocycles. The van der Waals surface area contributed by atoms with Gasteiger partial charge < -0.3 is 20.3 Å². The largest absolute Gasteiger partial charge is 0.444 e. The summed E-state index contributed by atoms with van der Waals surface area (Å²) in [6.45, 7) is 15.2. The fraction of sp³-hybridized carbons (Fsp3) is 0.607. The Labute approximate surface area is 211 Å². The average Bonchev–Trinajstić information content (AvgIpc) is 2.76. The number of carbonyl (C=O) groups excluding carboxylic acids is 3. The van der Waals surface area contributed by atoms with Gasteiger partial charge in [0.1, 0.15) is 17.7 Å². The first-order chi connectivity index (χ1) is 16.3. The minimum absolute atomic E-state index is 0.243. The molecule has 2 atom stereocenters. The first-order valence-electron chi connectivity index (χ1n) is 12.5. The maximum atomic E-state index is 13.9. The number of rotatable bonds is 11. The van der Waals surface area contributed by atoms with Gasteiger partial charge in [0.25, 0.3) is 0 Å². The maximum Gasteiger partial charge on any atom is 0.408 e. The van der Waals surface area contributed by atoms with Gasteiger partial charge >= 0.3 is 6.09 Å². The van der Waals surface area contributed by atoms with Crippen LogP contribution in [0.4, 0.5) is 4.79 Å². The molecule has 2 N–H and O–H groups in total. The quantitative estimate of drug-likeness (QED) is 0.348. The van der Waals surface area contributed by atoms with Crippen LogP contribution in [0, 0.1) is 18.3 Å². The third-order valence-corrected chi connectivity index (χ3v) is 5.43. The van der Waals surface area contributed by atoms with Crippen molar-refractivity contribution >= 4 is 17.9 Å². The van der Waals surface area contributed by atoms with Gasteiger partial charge in [0.2, 0.25) is 11.8 Å². The van der Waals surface area contributed by atoms with Gasteiger partial charge in [-0.25, -0.2) is 4.79 Å². The van der Waals surface area contributed by atoms with E-state index in [1.807, 2.05) is 27.7 Å². The first kappa shape index (κ1) is 30.0. The van der Waals surface area contributed by atoms with Gasteiger partial charge in [-0.05, 0) is 58.6 Å². The van der Waals surface area contributed by atoms with Gasteiger partial charge in [0.05, 0.1) is 0 Å². The Morgan fingerprint density at radius 1 is 1.09 bits per heavy atom. The monoisotopic (exact) mass is 485 g/mol. The molecule has 0 spiro atoms. The molecule has 0 fully saturated rings. The Hall–Kier alpha value is -3.01. The molecule has 0 bridgehead atoms. The van der Waals surface area contributed by atoms with E-state index in [9.17, 15) is 14.4 Å². The molecule has 0 radical (unpaired) electrons. The Kier molecular flexibility index (Phi) is 11.8. The van der Waals surface area contributed by atoms with Crippen molar-refractivity contribution in [3.05, 3.63) is 35.4 Å². The van der Waals surface area contributed by atoms with Gasteiger partial charge in [0, 0.05) is 18.2 Å². The van der Waals surface area contributed by atoms with Crippen LogP contribution >= 0.6 is 0 Å².